The van der Waals surface area contributed by atoms with Crippen LogP contribution < -0.4 is 5.32 Å². The molecule has 1 nitrogen and oxygen atoms in total. The van der Waals surface area contributed by atoms with Gasteiger partial charge in [0.05, 0.1) is 5.02 Å². The molecule has 1 aliphatic rings. The van der Waals surface area contributed by atoms with Crippen molar-refractivity contribution in [2.24, 2.45) is 5.92 Å². The summed E-state index contributed by atoms with van der Waals surface area (Å²) in [6.07, 6.45) is 3.52. The van der Waals surface area contributed by atoms with E-state index in [4.69, 9.17) is 23.2 Å². The number of halogens is 3. The molecular formula is C13H16Cl2FN. The summed E-state index contributed by atoms with van der Waals surface area (Å²) < 4.78 is 13.2. The maximum Gasteiger partial charge on any atom is 0.142 e. The van der Waals surface area contributed by atoms with Crippen LogP contribution in [0.15, 0.2) is 18.2 Å². The van der Waals surface area contributed by atoms with Gasteiger partial charge in [-0.05, 0) is 43.0 Å². The Labute approximate surface area is 111 Å². The first-order valence-electron chi connectivity index (χ1n) is 5.95. The second-order valence-electron chi connectivity index (χ2n) is 4.59. The van der Waals surface area contributed by atoms with Gasteiger partial charge in [0.15, 0.2) is 0 Å². The molecule has 1 aromatic carbocycles. The van der Waals surface area contributed by atoms with Gasteiger partial charge in [0.25, 0.3) is 0 Å². The Hall–Kier alpha value is -0.310. The predicted octanol–water partition coefficient (Wildman–Crippen LogP) is 3.98. The summed E-state index contributed by atoms with van der Waals surface area (Å²) in [6.45, 7) is 1.56. The molecule has 0 aliphatic heterocycles. The van der Waals surface area contributed by atoms with Crippen LogP contribution in [-0.2, 0) is 6.54 Å². The van der Waals surface area contributed by atoms with Crippen LogP contribution in [0.25, 0.3) is 0 Å². The Morgan fingerprint density at radius 3 is 2.82 bits per heavy atom. The standard InChI is InChI=1S/C13H16Cl2FN/c14-11-3-1-2-10(11)8-17-7-9-4-5-12(15)13(16)6-9/h4-6,10-11,17H,1-3,7-8H2. The van der Waals surface area contributed by atoms with Crippen LogP contribution in [0.4, 0.5) is 4.39 Å². The molecule has 2 atom stereocenters. The van der Waals surface area contributed by atoms with Gasteiger partial charge in [0, 0.05) is 11.9 Å². The van der Waals surface area contributed by atoms with Crippen molar-refractivity contribution in [1.82, 2.24) is 5.32 Å². The number of hydrogen-bond donors (Lipinski definition) is 1. The number of rotatable bonds is 4. The van der Waals surface area contributed by atoms with Gasteiger partial charge in [-0.3, -0.25) is 0 Å². The topological polar surface area (TPSA) is 12.0 Å². The summed E-state index contributed by atoms with van der Waals surface area (Å²) in [5, 5.41) is 3.79. The summed E-state index contributed by atoms with van der Waals surface area (Å²) in [4.78, 5) is 0. The highest BCUT2D eigenvalue weighted by atomic mass is 35.5. The molecule has 0 saturated heterocycles. The van der Waals surface area contributed by atoms with Crippen molar-refractivity contribution in [2.75, 3.05) is 6.54 Å². The van der Waals surface area contributed by atoms with Crippen molar-refractivity contribution in [2.45, 2.75) is 31.2 Å². The molecule has 0 aromatic heterocycles. The average molecular weight is 276 g/mol. The lowest BCUT2D eigenvalue weighted by Crippen LogP contribution is -2.25. The van der Waals surface area contributed by atoms with Crippen LogP contribution in [-0.4, -0.2) is 11.9 Å². The van der Waals surface area contributed by atoms with Crippen LogP contribution in [0, 0.1) is 11.7 Å². The van der Waals surface area contributed by atoms with Gasteiger partial charge in [0.1, 0.15) is 5.82 Å². The molecule has 2 unspecified atom stereocenters. The summed E-state index contributed by atoms with van der Waals surface area (Å²) in [6, 6.07) is 4.90. The number of alkyl halides is 1. The SMILES string of the molecule is Fc1cc(CNCC2CCCC2Cl)ccc1Cl. The fourth-order valence-corrected chi connectivity index (χ4v) is 2.76. The minimum atomic E-state index is -0.359. The fourth-order valence-electron chi connectivity index (χ4n) is 2.27. The lowest BCUT2D eigenvalue weighted by Gasteiger charge is -2.14. The monoisotopic (exact) mass is 275 g/mol. The summed E-state index contributed by atoms with van der Waals surface area (Å²) in [5.74, 6) is 0.191. The second kappa shape index (κ2) is 6.03. The molecule has 0 amide bonds. The highest BCUT2D eigenvalue weighted by Crippen LogP contribution is 2.29. The maximum absolute atomic E-state index is 13.2. The molecular weight excluding hydrogens is 260 g/mol. The van der Waals surface area contributed by atoms with Crippen molar-refractivity contribution < 1.29 is 4.39 Å². The van der Waals surface area contributed by atoms with Crippen molar-refractivity contribution in [3.8, 4) is 0 Å². The zero-order valence-corrected chi connectivity index (χ0v) is 11.1. The van der Waals surface area contributed by atoms with Crippen LogP contribution >= 0.6 is 23.2 Å². The van der Waals surface area contributed by atoms with E-state index in [2.05, 4.69) is 5.32 Å². The van der Waals surface area contributed by atoms with Crippen LogP contribution in [0.2, 0.25) is 5.02 Å². The Morgan fingerprint density at radius 1 is 1.35 bits per heavy atom. The quantitative estimate of drug-likeness (QED) is 0.820. The molecule has 1 fully saturated rings. The van der Waals surface area contributed by atoms with E-state index in [-0.39, 0.29) is 10.8 Å². The summed E-state index contributed by atoms with van der Waals surface area (Å²) >= 11 is 11.8. The Morgan fingerprint density at radius 2 is 2.18 bits per heavy atom. The molecule has 0 radical (unpaired) electrons. The lowest BCUT2D eigenvalue weighted by molar-refractivity contribution is 0.493. The first-order chi connectivity index (χ1) is 8.16. The molecule has 1 aliphatic carbocycles. The maximum atomic E-state index is 13.2. The number of benzene rings is 1. The molecule has 0 spiro atoms. The third kappa shape index (κ3) is 3.57. The van der Waals surface area contributed by atoms with Gasteiger partial charge in [-0.15, -0.1) is 11.6 Å². The smallest absolute Gasteiger partial charge is 0.142 e. The van der Waals surface area contributed by atoms with E-state index in [1.54, 1.807) is 6.07 Å². The normalized spacial score (nSPS) is 24.2. The largest absolute Gasteiger partial charge is 0.312 e. The van der Waals surface area contributed by atoms with E-state index >= 15 is 0 Å². The number of hydrogen-bond acceptors (Lipinski definition) is 1. The fraction of sp³-hybridized carbons (Fsp3) is 0.538. The van der Waals surface area contributed by atoms with Crippen molar-refractivity contribution in [3.63, 3.8) is 0 Å². The van der Waals surface area contributed by atoms with E-state index < -0.39 is 0 Å². The van der Waals surface area contributed by atoms with Crippen molar-refractivity contribution >= 4 is 23.2 Å². The van der Waals surface area contributed by atoms with E-state index in [0.717, 1.165) is 18.5 Å². The molecule has 0 bridgehead atoms. The van der Waals surface area contributed by atoms with Crippen molar-refractivity contribution in [1.29, 1.82) is 0 Å². The molecule has 17 heavy (non-hydrogen) atoms. The molecule has 1 N–H and O–H groups in total. The Balaban J connectivity index is 1.79. The summed E-state index contributed by atoms with van der Waals surface area (Å²) in [5.41, 5.74) is 0.913. The van der Waals surface area contributed by atoms with Gasteiger partial charge in [-0.25, -0.2) is 4.39 Å². The molecule has 1 saturated carbocycles. The minimum Gasteiger partial charge on any atom is -0.312 e. The first kappa shape index (κ1) is 13.1. The highest BCUT2D eigenvalue weighted by Gasteiger charge is 2.24. The molecule has 1 aromatic rings. The second-order valence-corrected chi connectivity index (χ2v) is 5.55. The van der Waals surface area contributed by atoms with E-state index in [1.165, 1.54) is 18.9 Å². The van der Waals surface area contributed by atoms with Gasteiger partial charge < -0.3 is 5.32 Å². The highest BCUT2D eigenvalue weighted by molar-refractivity contribution is 6.30. The van der Waals surface area contributed by atoms with Gasteiger partial charge in [0.2, 0.25) is 0 Å². The molecule has 0 heterocycles. The zero-order chi connectivity index (χ0) is 12.3. The first-order valence-corrected chi connectivity index (χ1v) is 6.77. The van der Waals surface area contributed by atoms with Crippen LogP contribution in [0.5, 0.6) is 0 Å². The molecule has 4 heteroatoms. The predicted molar refractivity (Wildman–Crippen MR) is 70.1 cm³/mol. The van der Waals surface area contributed by atoms with Gasteiger partial charge in [-0.2, -0.15) is 0 Å². The Kier molecular flexibility index (Phi) is 4.66. The average Bonchev–Trinajstić information content (AvgIpc) is 2.70. The van der Waals surface area contributed by atoms with E-state index in [1.807, 2.05) is 6.07 Å². The Bertz CT molecular complexity index is 384. The third-order valence-corrected chi connectivity index (χ3v) is 4.17. The van der Waals surface area contributed by atoms with Gasteiger partial charge >= 0.3 is 0 Å². The van der Waals surface area contributed by atoms with E-state index in [0.29, 0.717) is 17.8 Å². The van der Waals surface area contributed by atoms with Crippen molar-refractivity contribution in [3.05, 3.63) is 34.6 Å². The van der Waals surface area contributed by atoms with Crippen LogP contribution in [0.1, 0.15) is 24.8 Å². The van der Waals surface area contributed by atoms with E-state index in [9.17, 15) is 4.39 Å². The van der Waals surface area contributed by atoms with Crippen LogP contribution in [0.3, 0.4) is 0 Å². The zero-order valence-electron chi connectivity index (χ0n) is 9.56. The lowest BCUT2D eigenvalue weighted by atomic mass is 10.1. The van der Waals surface area contributed by atoms with Gasteiger partial charge in [-0.1, -0.05) is 24.1 Å². The molecule has 2 rings (SSSR count). The molecule has 94 valence electrons. The summed E-state index contributed by atoms with van der Waals surface area (Å²) in [7, 11) is 0. The number of nitrogens with one attached hydrogen (secondary N) is 1. The third-order valence-electron chi connectivity index (χ3n) is 3.29. The minimum absolute atomic E-state index is 0.172.